The molecule has 0 spiro atoms. The highest BCUT2D eigenvalue weighted by Crippen LogP contribution is 2.13. The van der Waals surface area contributed by atoms with Crippen LogP contribution in [-0.2, 0) is 4.79 Å². The zero-order valence-electron chi connectivity index (χ0n) is 15.3. The Morgan fingerprint density at radius 2 is 1.52 bits per heavy atom. The normalized spacial score (nSPS) is 15.8. The fourth-order valence-electron chi connectivity index (χ4n) is 2.38. The van der Waals surface area contributed by atoms with Gasteiger partial charge in [0.15, 0.2) is 0 Å². The highest BCUT2D eigenvalue weighted by molar-refractivity contribution is 5.66. The second-order valence-electron chi connectivity index (χ2n) is 6.09. The highest BCUT2D eigenvalue weighted by atomic mass is 16.4. The molecule has 0 bridgehead atoms. The van der Waals surface area contributed by atoms with E-state index in [2.05, 4.69) is 0 Å². The van der Waals surface area contributed by atoms with Gasteiger partial charge >= 0.3 is 5.97 Å². The summed E-state index contributed by atoms with van der Waals surface area (Å²) in [6, 6.07) is 9.36. The fraction of sp³-hybridized carbons (Fsp3) is 0.318. The Morgan fingerprint density at radius 3 is 2.11 bits per heavy atom. The van der Waals surface area contributed by atoms with Crippen molar-refractivity contribution in [1.29, 1.82) is 0 Å². The predicted octanol–water partition coefficient (Wildman–Crippen LogP) is 3.17. The minimum Gasteiger partial charge on any atom is -0.481 e. The summed E-state index contributed by atoms with van der Waals surface area (Å²) in [5.41, 5.74) is 0.831. The Balaban J connectivity index is 2.37. The first-order chi connectivity index (χ1) is 13.0. The van der Waals surface area contributed by atoms with Gasteiger partial charge in [-0.3, -0.25) is 4.79 Å². The van der Waals surface area contributed by atoms with Crippen molar-refractivity contribution in [3.05, 3.63) is 84.5 Å². The molecule has 146 valence electrons. The van der Waals surface area contributed by atoms with Crippen LogP contribution in [0.25, 0.3) is 0 Å². The lowest BCUT2D eigenvalue weighted by Crippen LogP contribution is -2.22. The Labute approximate surface area is 160 Å². The summed E-state index contributed by atoms with van der Waals surface area (Å²) < 4.78 is 0. The van der Waals surface area contributed by atoms with Crippen LogP contribution in [0, 0.1) is 5.92 Å². The Kier molecular flexibility index (Phi) is 11.4. The number of benzene rings is 1. The van der Waals surface area contributed by atoms with E-state index in [9.17, 15) is 20.1 Å². The standard InChI is InChI=1S/C22H28O5/c23-17-19(21(25)15-10-16-22(26)27)13-6-3-1-2-4-9-14-20(24)18-11-7-5-8-12-18/h1-9,11-14,19-21,23-25H,10,15-17H2,(H,26,27)/b3-1+,4-2-,13-6+,14-9+/t19-,20-,21-/m0/s1. The smallest absolute Gasteiger partial charge is 0.303 e. The van der Waals surface area contributed by atoms with Crippen molar-refractivity contribution in [3.8, 4) is 0 Å². The van der Waals surface area contributed by atoms with Gasteiger partial charge in [-0.15, -0.1) is 0 Å². The second kappa shape index (κ2) is 13.7. The minimum absolute atomic E-state index is 0.0100. The summed E-state index contributed by atoms with van der Waals surface area (Å²) in [7, 11) is 0. The van der Waals surface area contributed by atoms with Crippen molar-refractivity contribution < 1.29 is 25.2 Å². The summed E-state index contributed by atoms with van der Waals surface area (Å²) in [4.78, 5) is 10.5. The maximum atomic E-state index is 10.5. The monoisotopic (exact) mass is 372 g/mol. The van der Waals surface area contributed by atoms with Crippen LogP contribution in [0.3, 0.4) is 0 Å². The molecule has 1 aromatic rings. The number of rotatable bonds is 12. The summed E-state index contributed by atoms with van der Waals surface area (Å²) >= 11 is 0. The van der Waals surface area contributed by atoms with E-state index in [4.69, 9.17) is 5.11 Å². The third kappa shape index (κ3) is 10.3. The predicted molar refractivity (Wildman–Crippen MR) is 106 cm³/mol. The first-order valence-electron chi connectivity index (χ1n) is 8.96. The molecule has 0 aliphatic carbocycles. The van der Waals surface area contributed by atoms with E-state index in [1.54, 1.807) is 48.6 Å². The molecule has 3 atom stereocenters. The van der Waals surface area contributed by atoms with Crippen molar-refractivity contribution in [1.82, 2.24) is 0 Å². The van der Waals surface area contributed by atoms with Crippen LogP contribution in [0.1, 0.15) is 30.9 Å². The first kappa shape index (κ1) is 22.6. The summed E-state index contributed by atoms with van der Waals surface area (Å²) in [6.07, 6.45) is 13.3. The van der Waals surface area contributed by atoms with Gasteiger partial charge < -0.3 is 20.4 Å². The van der Waals surface area contributed by atoms with Crippen LogP contribution in [-0.4, -0.2) is 39.1 Å². The Hall–Kier alpha value is -2.47. The number of carboxylic acids is 1. The molecule has 0 aliphatic rings. The molecule has 0 aromatic heterocycles. The number of hydrogen-bond acceptors (Lipinski definition) is 4. The van der Waals surface area contributed by atoms with E-state index in [-0.39, 0.29) is 13.0 Å². The molecule has 0 fully saturated rings. The summed E-state index contributed by atoms with van der Waals surface area (Å²) in [5.74, 6) is -1.31. The zero-order valence-corrected chi connectivity index (χ0v) is 15.3. The van der Waals surface area contributed by atoms with Gasteiger partial charge in [0.1, 0.15) is 0 Å². The number of aliphatic hydroxyl groups excluding tert-OH is 3. The van der Waals surface area contributed by atoms with Gasteiger partial charge in [0.25, 0.3) is 0 Å². The van der Waals surface area contributed by atoms with Crippen molar-refractivity contribution >= 4 is 5.97 Å². The lowest BCUT2D eigenvalue weighted by molar-refractivity contribution is -0.137. The van der Waals surface area contributed by atoms with Crippen molar-refractivity contribution in [2.75, 3.05) is 6.61 Å². The number of carboxylic acid groups (broad SMARTS) is 1. The second-order valence-corrected chi connectivity index (χ2v) is 6.09. The molecule has 5 heteroatoms. The molecule has 27 heavy (non-hydrogen) atoms. The number of hydrogen-bond donors (Lipinski definition) is 4. The highest BCUT2D eigenvalue weighted by Gasteiger charge is 2.15. The van der Waals surface area contributed by atoms with Crippen LogP contribution in [0.2, 0.25) is 0 Å². The number of aliphatic carboxylic acids is 1. The number of carbonyl (C=O) groups is 1. The molecular formula is C22H28O5. The Bertz CT molecular complexity index is 646. The lowest BCUT2D eigenvalue weighted by atomic mass is 9.98. The summed E-state index contributed by atoms with van der Waals surface area (Å²) in [6.45, 7) is -0.200. The fourth-order valence-corrected chi connectivity index (χ4v) is 2.38. The minimum atomic E-state index is -0.890. The van der Waals surface area contributed by atoms with E-state index < -0.39 is 24.1 Å². The van der Waals surface area contributed by atoms with Gasteiger partial charge in [-0.1, -0.05) is 78.9 Å². The van der Waals surface area contributed by atoms with Crippen molar-refractivity contribution in [2.45, 2.75) is 31.5 Å². The van der Waals surface area contributed by atoms with Gasteiger partial charge in [-0.2, -0.15) is 0 Å². The summed E-state index contributed by atoms with van der Waals surface area (Å²) in [5, 5.41) is 37.8. The van der Waals surface area contributed by atoms with Gasteiger partial charge in [0, 0.05) is 12.3 Å². The quantitative estimate of drug-likeness (QED) is 0.423. The van der Waals surface area contributed by atoms with Gasteiger partial charge in [-0.05, 0) is 18.4 Å². The molecular weight excluding hydrogens is 344 g/mol. The van der Waals surface area contributed by atoms with Crippen molar-refractivity contribution in [2.24, 2.45) is 5.92 Å². The van der Waals surface area contributed by atoms with Crippen LogP contribution in [0.15, 0.2) is 78.9 Å². The van der Waals surface area contributed by atoms with E-state index in [1.165, 1.54) is 0 Å². The number of aliphatic hydroxyl groups is 3. The molecule has 1 aromatic carbocycles. The van der Waals surface area contributed by atoms with E-state index in [0.717, 1.165) is 5.56 Å². The molecule has 4 N–H and O–H groups in total. The first-order valence-corrected chi connectivity index (χ1v) is 8.96. The molecule has 0 unspecified atom stereocenters. The third-order valence-electron chi connectivity index (χ3n) is 3.94. The van der Waals surface area contributed by atoms with Crippen molar-refractivity contribution in [3.63, 3.8) is 0 Å². The average Bonchev–Trinajstić information content (AvgIpc) is 2.67. The molecule has 0 radical (unpaired) electrons. The van der Waals surface area contributed by atoms with Gasteiger partial charge in [-0.25, -0.2) is 0 Å². The largest absolute Gasteiger partial charge is 0.481 e. The molecule has 1 rings (SSSR count). The SMILES string of the molecule is O=C(O)CCC[C@H](O)[C@@H](/C=C/C=C/C=C\C=C\[C@H](O)c1ccccc1)CO. The van der Waals surface area contributed by atoms with E-state index in [1.807, 2.05) is 30.3 Å². The average molecular weight is 372 g/mol. The maximum Gasteiger partial charge on any atom is 0.303 e. The molecule has 5 nitrogen and oxygen atoms in total. The molecule has 0 amide bonds. The molecule has 0 saturated heterocycles. The molecule has 0 aliphatic heterocycles. The number of allylic oxidation sites excluding steroid dienone is 6. The lowest BCUT2D eigenvalue weighted by Gasteiger charge is -2.16. The Morgan fingerprint density at radius 1 is 0.926 bits per heavy atom. The molecule has 0 saturated carbocycles. The van der Waals surface area contributed by atoms with Crippen LogP contribution in [0.4, 0.5) is 0 Å². The third-order valence-corrected chi connectivity index (χ3v) is 3.94. The van der Waals surface area contributed by atoms with Crippen LogP contribution >= 0.6 is 0 Å². The van der Waals surface area contributed by atoms with Crippen LogP contribution < -0.4 is 0 Å². The zero-order chi connectivity index (χ0) is 19.9. The van der Waals surface area contributed by atoms with Crippen LogP contribution in [0.5, 0.6) is 0 Å². The van der Waals surface area contributed by atoms with Gasteiger partial charge in [0.2, 0.25) is 0 Å². The maximum absolute atomic E-state index is 10.5. The molecule has 0 heterocycles. The van der Waals surface area contributed by atoms with E-state index in [0.29, 0.717) is 12.8 Å². The van der Waals surface area contributed by atoms with Gasteiger partial charge in [0.05, 0.1) is 18.8 Å². The van der Waals surface area contributed by atoms with E-state index >= 15 is 0 Å². The topological polar surface area (TPSA) is 98.0 Å².